The molecule has 0 aliphatic heterocycles. The quantitative estimate of drug-likeness (QED) is 0.447. The number of nitrogens with two attached hydrogens (primary N) is 1. The van der Waals surface area contributed by atoms with Gasteiger partial charge in [-0.05, 0) is 67.1 Å². The van der Waals surface area contributed by atoms with Gasteiger partial charge in [-0.15, -0.1) is 0 Å². The zero-order valence-electron chi connectivity index (χ0n) is 16.4. The first kappa shape index (κ1) is 21.0. The average Bonchev–Trinajstić information content (AvgIpc) is 3.02. The predicted molar refractivity (Wildman–Crippen MR) is 108 cm³/mol. The Morgan fingerprint density at radius 2 is 2.07 bits per heavy atom. The highest BCUT2D eigenvalue weighted by Gasteiger charge is 2.38. The first-order valence-electron chi connectivity index (χ1n) is 10.4. The molecule has 1 aromatic rings. The first-order valence-corrected chi connectivity index (χ1v) is 11.9. The Labute approximate surface area is 162 Å². The molecule has 3 atom stereocenters. The van der Waals surface area contributed by atoms with E-state index in [9.17, 15) is 4.57 Å². The molecular formula is C21H34NO4P. The van der Waals surface area contributed by atoms with E-state index in [4.69, 9.17) is 15.5 Å². The van der Waals surface area contributed by atoms with Crippen molar-refractivity contribution in [2.24, 2.45) is 11.7 Å². The summed E-state index contributed by atoms with van der Waals surface area (Å²) < 4.78 is 15.7. The Kier molecular flexibility index (Phi) is 6.81. The van der Waals surface area contributed by atoms with Crippen LogP contribution in [0.1, 0.15) is 80.9 Å². The van der Waals surface area contributed by atoms with E-state index in [1.807, 2.05) is 0 Å². The predicted octanol–water partition coefficient (Wildman–Crippen LogP) is 4.45. The van der Waals surface area contributed by atoms with E-state index in [0.717, 1.165) is 18.8 Å². The lowest BCUT2D eigenvalue weighted by atomic mass is 9.79. The molecule has 2 aliphatic carbocycles. The summed E-state index contributed by atoms with van der Waals surface area (Å²) in [5, 5.41) is 0. The fraction of sp³-hybridized carbons (Fsp3) is 0.714. The summed E-state index contributed by atoms with van der Waals surface area (Å²) >= 11 is 0. The van der Waals surface area contributed by atoms with Gasteiger partial charge >= 0.3 is 7.82 Å². The van der Waals surface area contributed by atoms with Crippen molar-refractivity contribution < 1.29 is 18.9 Å². The van der Waals surface area contributed by atoms with Gasteiger partial charge in [-0.25, -0.2) is 4.57 Å². The molecule has 3 rings (SSSR count). The van der Waals surface area contributed by atoms with Crippen molar-refractivity contribution in [1.82, 2.24) is 0 Å². The van der Waals surface area contributed by atoms with Crippen molar-refractivity contribution in [3.63, 3.8) is 0 Å². The van der Waals surface area contributed by atoms with E-state index in [-0.39, 0.29) is 6.61 Å². The van der Waals surface area contributed by atoms with Gasteiger partial charge in [0.2, 0.25) is 0 Å². The molecule has 0 heterocycles. The second-order valence-electron chi connectivity index (χ2n) is 8.70. The van der Waals surface area contributed by atoms with Crippen LogP contribution >= 0.6 is 7.82 Å². The minimum Gasteiger partial charge on any atom is -0.323 e. The van der Waals surface area contributed by atoms with Gasteiger partial charge in [0.15, 0.2) is 0 Å². The highest BCUT2D eigenvalue weighted by atomic mass is 31.2. The number of unbranched alkanes of at least 4 members (excludes halogenated alkanes) is 2. The summed E-state index contributed by atoms with van der Waals surface area (Å²) in [4.78, 5) is 17.9. The molecule has 1 aromatic carbocycles. The van der Waals surface area contributed by atoms with Gasteiger partial charge in [-0.3, -0.25) is 4.52 Å². The molecular weight excluding hydrogens is 361 g/mol. The molecule has 1 fully saturated rings. The van der Waals surface area contributed by atoms with Crippen LogP contribution in [0.4, 0.5) is 0 Å². The third-order valence-corrected chi connectivity index (χ3v) is 6.88. The average molecular weight is 395 g/mol. The molecule has 0 bridgehead atoms. The number of aryl methyl sites for hydroxylation is 1. The summed E-state index contributed by atoms with van der Waals surface area (Å²) in [6, 6.07) is 6.91. The standard InChI is InChI=1S/C21H34NO4P/c1-2-3-4-5-16-6-7-18-13-19(9-8-17(18)12-16)20-10-11-21(22,14-20)15-26-27(23,24)25/h8-9,13,16,20H,2-7,10-12,14-15,22H2,1H3,(H2,23,24,25)/t16-,20-,21+/m1/s1. The molecule has 0 aromatic heterocycles. The minimum atomic E-state index is -4.46. The van der Waals surface area contributed by atoms with Gasteiger partial charge in [-0.2, -0.15) is 0 Å². The third kappa shape index (κ3) is 5.88. The van der Waals surface area contributed by atoms with Crippen molar-refractivity contribution >= 4 is 7.82 Å². The Bertz CT molecular complexity index is 689. The van der Waals surface area contributed by atoms with Gasteiger partial charge in [0.05, 0.1) is 6.61 Å². The maximum atomic E-state index is 11.0. The molecule has 0 spiro atoms. The number of benzene rings is 1. The van der Waals surface area contributed by atoms with E-state index in [2.05, 4.69) is 29.6 Å². The lowest BCUT2D eigenvalue weighted by molar-refractivity contribution is 0.153. The molecule has 0 radical (unpaired) electrons. The topological polar surface area (TPSA) is 92.8 Å². The van der Waals surface area contributed by atoms with Crippen molar-refractivity contribution in [2.75, 3.05) is 6.61 Å². The molecule has 0 unspecified atom stereocenters. The van der Waals surface area contributed by atoms with Crippen molar-refractivity contribution in [3.8, 4) is 0 Å². The van der Waals surface area contributed by atoms with Crippen LogP contribution in [-0.4, -0.2) is 21.9 Å². The monoisotopic (exact) mass is 395 g/mol. The lowest BCUT2D eigenvalue weighted by Gasteiger charge is -2.26. The van der Waals surface area contributed by atoms with Crippen LogP contribution in [0.3, 0.4) is 0 Å². The van der Waals surface area contributed by atoms with Crippen molar-refractivity contribution in [2.45, 2.75) is 82.6 Å². The van der Waals surface area contributed by atoms with Gasteiger partial charge < -0.3 is 15.5 Å². The van der Waals surface area contributed by atoms with Crippen LogP contribution in [0.2, 0.25) is 0 Å². The van der Waals surface area contributed by atoms with Crippen molar-refractivity contribution in [3.05, 3.63) is 34.9 Å². The van der Waals surface area contributed by atoms with E-state index < -0.39 is 13.4 Å². The Balaban J connectivity index is 1.59. The van der Waals surface area contributed by atoms with Gasteiger partial charge in [0.25, 0.3) is 0 Å². The van der Waals surface area contributed by atoms with Gasteiger partial charge in [0, 0.05) is 5.54 Å². The molecule has 4 N–H and O–H groups in total. The molecule has 6 heteroatoms. The number of hydrogen-bond donors (Lipinski definition) is 3. The molecule has 5 nitrogen and oxygen atoms in total. The fourth-order valence-corrected chi connectivity index (χ4v) is 5.24. The Morgan fingerprint density at radius 3 is 2.81 bits per heavy atom. The number of phosphoric acid groups is 1. The van der Waals surface area contributed by atoms with Crippen LogP contribution in [0.5, 0.6) is 0 Å². The number of rotatable bonds is 8. The molecule has 2 aliphatic rings. The fourth-order valence-electron chi connectivity index (χ4n) is 4.82. The molecule has 1 saturated carbocycles. The number of phosphoric ester groups is 1. The lowest BCUT2D eigenvalue weighted by Crippen LogP contribution is -2.41. The SMILES string of the molecule is CCCCC[C@@H]1CCc2cc([C@@H]3CC[C@@](N)(COP(=O)(O)O)C3)ccc2C1. The second-order valence-corrected chi connectivity index (χ2v) is 9.94. The molecule has 27 heavy (non-hydrogen) atoms. The maximum Gasteiger partial charge on any atom is 0.469 e. The van der Waals surface area contributed by atoms with Crippen LogP contribution in [-0.2, 0) is 21.9 Å². The Hall–Kier alpha value is -0.710. The normalized spacial score (nSPS) is 28.3. The van der Waals surface area contributed by atoms with Crippen LogP contribution in [0.25, 0.3) is 0 Å². The van der Waals surface area contributed by atoms with Crippen LogP contribution in [0, 0.1) is 5.92 Å². The van der Waals surface area contributed by atoms with E-state index in [1.165, 1.54) is 61.6 Å². The third-order valence-electron chi connectivity index (χ3n) is 6.41. The largest absolute Gasteiger partial charge is 0.469 e. The Morgan fingerprint density at radius 1 is 1.26 bits per heavy atom. The van der Waals surface area contributed by atoms with E-state index in [1.54, 1.807) is 0 Å². The zero-order chi connectivity index (χ0) is 19.5. The van der Waals surface area contributed by atoms with E-state index >= 15 is 0 Å². The first-order chi connectivity index (χ1) is 12.8. The summed E-state index contributed by atoms with van der Waals surface area (Å²) in [5.74, 6) is 1.19. The summed E-state index contributed by atoms with van der Waals surface area (Å²) in [6.07, 6.45) is 11.4. The molecule has 152 valence electrons. The van der Waals surface area contributed by atoms with Gasteiger partial charge in [0.1, 0.15) is 0 Å². The smallest absolute Gasteiger partial charge is 0.323 e. The number of hydrogen-bond acceptors (Lipinski definition) is 3. The van der Waals surface area contributed by atoms with Gasteiger partial charge in [-0.1, -0.05) is 50.8 Å². The van der Waals surface area contributed by atoms with Crippen molar-refractivity contribution in [1.29, 1.82) is 0 Å². The highest BCUT2D eigenvalue weighted by Crippen LogP contribution is 2.44. The molecule has 0 saturated heterocycles. The number of fused-ring (bicyclic) bond motifs is 1. The highest BCUT2D eigenvalue weighted by molar-refractivity contribution is 7.46. The summed E-state index contributed by atoms with van der Waals surface area (Å²) in [7, 11) is -4.46. The van der Waals surface area contributed by atoms with Crippen LogP contribution < -0.4 is 5.73 Å². The maximum absolute atomic E-state index is 11.0. The minimum absolute atomic E-state index is 0.0852. The summed E-state index contributed by atoms with van der Waals surface area (Å²) in [6.45, 7) is 2.17. The second kappa shape index (κ2) is 8.75. The zero-order valence-corrected chi connectivity index (χ0v) is 17.3. The van der Waals surface area contributed by atoms with Crippen LogP contribution in [0.15, 0.2) is 18.2 Å². The molecule has 0 amide bonds. The van der Waals surface area contributed by atoms with E-state index in [0.29, 0.717) is 12.3 Å². The summed E-state index contributed by atoms with van der Waals surface area (Å²) in [5.41, 5.74) is 10.0.